The molecule has 2 aromatic carbocycles. The van der Waals surface area contributed by atoms with E-state index in [-0.39, 0.29) is 5.82 Å². The normalized spacial score (nSPS) is 10.8. The molecule has 1 N–H and O–H groups in total. The van der Waals surface area contributed by atoms with Crippen LogP contribution in [0.4, 0.5) is 4.39 Å². The maximum absolute atomic E-state index is 13.4. The first-order valence-corrected chi connectivity index (χ1v) is 8.06. The molecule has 21 heavy (non-hydrogen) atoms. The van der Waals surface area contributed by atoms with Gasteiger partial charge in [0.15, 0.2) is 0 Å². The van der Waals surface area contributed by atoms with Crippen LogP contribution in [0.25, 0.3) is 22.6 Å². The molecule has 3 aromatic rings. The Morgan fingerprint density at radius 2 is 1.81 bits per heavy atom. The summed E-state index contributed by atoms with van der Waals surface area (Å²) in [5.41, 5.74) is 3.86. The van der Waals surface area contributed by atoms with E-state index in [1.807, 2.05) is 42.7 Å². The molecule has 3 rings (SSSR count). The topological polar surface area (TPSA) is 28.7 Å². The minimum absolute atomic E-state index is 0.253. The average Bonchev–Trinajstić information content (AvgIpc) is 2.93. The number of aromatic amines is 1. The van der Waals surface area contributed by atoms with Crippen LogP contribution in [0.5, 0.6) is 0 Å². The summed E-state index contributed by atoms with van der Waals surface area (Å²) >= 11 is 1.72. The highest BCUT2D eigenvalue weighted by Crippen LogP contribution is 2.28. The first-order chi connectivity index (χ1) is 10.3. The SMILES string of the molecule is CSCc1nc(-c2cccc(F)c2)[nH]c1-c1ccccc1. The Bertz CT molecular complexity index is 738. The molecule has 0 aliphatic heterocycles. The second kappa shape index (κ2) is 6.14. The quantitative estimate of drug-likeness (QED) is 0.753. The van der Waals surface area contributed by atoms with Crippen molar-refractivity contribution in [2.24, 2.45) is 0 Å². The molecule has 0 fully saturated rings. The number of hydrogen-bond donors (Lipinski definition) is 1. The summed E-state index contributed by atoms with van der Waals surface area (Å²) in [6, 6.07) is 16.6. The first kappa shape index (κ1) is 13.9. The number of thioether (sulfide) groups is 1. The highest BCUT2D eigenvalue weighted by molar-refractivity contribution is 7.97. The van der Waals surface area contributed by atoms with E-state index in [0.29, 0.717) is 5.82 Å². The summed E-state index contributed by atoms with van der Waals surface area (Å²) in [5.74, 6) is 1.27. The zero-order valence-corrected chi connectivity index (χ0v) is 12.5. The van der Waals surface area contributed by atoms with Gasteiger partial charge in [0.05, 0.1) is 11.4 Å². The van der Waals surface area contributed by atoms with Crippen molar-refractivity contribution in [3.8, 4) is 22.6 Å². The molecule has 0 saturated carbocycles. The number of H-pyrrole nitrogens is 1. The standard InChI is InChI=1S/C17H15FN2S/c1-21-11-15-16(12-6-3-2-4-7-12)20-17(19-15)13-8-5-9-14(18)10-13/h2-10H,11H2,1H3,(H,19,20). The van der Waals surface area contributed by atoms with Crippen molar-refractivity contribution in [1.29, 1.82) is 0 Å². The number of nitrogens with one attached hydrogen (secondary N) is 1. The molecule has 0 atom stereocenters. The molecule has 0 bridgehead atoms. The molecule has 0 unspecified atom stereocenters. The van der Waals surface area contributed by atoms with Crippen LogP contribution in [-0.2, 0) is 5.75 Å². The minimum Gasteiger partial charge on any atom is -0.338 e. The number of rotatable bonds is 4. The van der Waals surface area contributed by atoms with Gasteiger partial charge in [0.2, 0.25) is 0 Å². The highest BCUT2D eigenvalue weighted by atomic mass is 32.2. The number of imidazole rings is 1. The van der Waals surface area contributed by atoms with Crippen molar-refractivity contribution in [3.05, 3.63) is 66.1 Å². The van der Waals surface area contributed by atoms with Crippen LogP contribution >= 0.6 is 11.8 Å². The summed E-state index contributed by atoms with van der Waals surface area (Å²) in [5, 5.41) is 0. The Balaban J connectivity index is 2.08. The number of benzene rings is 2. The van der Waals surface area contributed by atoms with Crippen LogP contribution in [0.15, 0.2) is 54.6 Å². The van der Waals surface area contributed by atoms with Gasteiger partial charge in [-0.25, -0.2) is 9.37 Å². The van der Waals surface area contributed by atoms with Crippen LogP contribution in [0.3, 0.4) is 0 Å². The van der Waals surface area contributed by atoms with Crippen molar-refractivity contribution < 1.29 is 4.39 Å². The van der Waals surface area contributed by atoms with Crippen LogP contribution in [0, 0.1) is 5.82 Å². The van der Waals surface area contributed by atoms with E-state index in [9.17, 15) is 4.39 Å². The Kier molecular flexibility index (Phi) is 4.06. The molecule has 0 radical (unpaired) electrons. The third-order valence-corrected chi connectivity index (χ3v) is 3.78. The molecule has 4 heteroatoms. The molecule has 2 nitrogen and oxygen atoms in total. The van der Waals surface area contributed by atoms with Crippen molar-refractivity contribution in [3.63, 3.8) is 0 Å². The second-order valence-electron chi connectivity index (χ2n) is 4.72. The Morgan fingerprint density at radius 1 is 1.05 bits per heavy atom. The van der Waals surface area contributed by atoms with E-state index >= 15 is 0 Å². The maximum atomic E-state index is 13.4. The van der Waals surface area contributed by atoms with Crippen LogP contribution in [-0.4, -0.2) is 16.2 Å². The number of nitrogens with zero attached hydrogens (tertiary/aromatic N) is 1. The second-order valence-corrected chi connectivity index (χ2v) is 5.58. The third-order valence-electron chi connectivity index (χ3n) is 3.22. The summed E-state index contributed by atoms with van der Waals surface area (Å²) in [6.07, 6.45) is 2.05. The molecule has 1 heterocycles. The van der Waals surface area contributed by atoms with Crippen molar-refractivity contribution in [2.45, 2.75) is 5.75 Å². The van der Waals surface area contributed by atoms with Gasteiger partial charge in [-0.1, -0.05) is 42.5 Å². The summed E-state index contributed by atoms with van der Waals surface area (Å²) in [6.45, 7) is 0. The smallest absolute Gasteiger partial charge is 0.138 e. The van der Waals surface area contributed by atoms with E-state index < -0.39 is 0 Å². The zero-order valence-electron chi connectivity index (χ0n) is 11.6. The van der Waals surface area contributed by atoms with Gasteiger partial charge in [-0.15, -0.1) is 0 Å². The fraction of sp³-hybridized carbons (Fsp3) is 0.118. The van der Waals surface area contributed by atoms with Gasteiger partial charge in [0.25, 0.3) is 0 Å². The van der Waals surface area contributed by atoms with E-state index in [2.05, 4.69) is 9.97 Å². The summed E-state index contributed by atoms with van der Waals surface area (Å²) in [4.78, 5) is 7.98. The van der Waals surface area contributed by atoms with Crippen LogP contribution in [0.1, 0.15) is 5.69 Å². The van der Waals surface area contributed by atoms with Crippen LogP contribution in [0.2, 0.25) is 0 Å². The van der Waals surface area contributed by atoms with Crippen molar-refractivity contribution in [2.75, 3.05) is 6.26 Å². The molecule has 0 aliphatic carbocycles. The Hall–Kier alpha value is -2.07. The minimum atomic E-state index is -0.253. The lowest BCUT2D eigenvalue weighted by molar-refractivity contribution is 0.628. The molecular formula is C17H15FN2S. The summed E-state index contributed by atoms with van der Waals surface area (Å²) in [7, 11) is 0. The lowest BCUT2D eigenvalue weighted by atomic mass is 10.1. The van der Waals surface area contributed by atoms with Gasteiger partial charge in [0.1, 0.15) is 11.6 Å². The Morgan fingerprint density at radius 3 is 2.52 bits per heavy atom. The largest absolute Gasteiger partial charge is 0.338 e. The molecule has 0 aliphatic rings. The van der Waals surface area contributed by atoms with Gasteiger partial charge < -0.3 is 4.98 Å². The number of hydrogen-bond acceptors (Lipinski definition) is 2. The van der Waals surface area contributed by atoms with Gasteiger partial charge >= 0.3 is 0 Å². The molecule has 106 valence electrons. The molecular weight excluding hydrogens is 283 g/mol. The average molecular weight is 298 g/mol. The van der Waals surface area contributed by atoms with Crippen LogP contribution < -0.4 is 0 Å². The Labute approximate surface area is 127 Å². The van der Waals surface area contributed by atoms with Crippen molar-refractivity contribution in [1.82, 2.24) is 9.97 Å². The van der Waals surface area contributed by atoms with E-state index in [1.165, 1.54) is 12.1 Å². The lowest BCUT2D eigenvalue weighted by Crippen LogP contribution is -1.85. The molecule has 1 aromatic heterocycles. The number of halogens is 1. The fourth-order valence-corrected chi connectivity index (χ4v) is 2.75. The molecule has 0 saturated heterocycles. The van der Waals surface area contributed by atoms with E-state index in [4.69, 9.17) is 0 Å². The molecule has 0 spiro atoms. The predicted molar refractivity (Wildman–Crippen MR) is 86.6 cm³/mol. The van der Waals surface area contributed by atoms with Gasteiger partial charge in [0, 0.05) is 11.3 Å². The van der Waals surface area contributed by atoms with Gasteiger partial charge in [-0.05, 0) is 24.0 Å². The van der Waals surface area contributed by atoms with E-state index in [1.54, 1.807) is 17.8 Å². The van der Waals surface area contributed by atoms with Gasteiger partial charge in [-0.3, -0.25) is 0 Å². The zero-order chi connectivity index (χ0) is 14.7. The van der Waals surface area contributed by atoms with E-state index in [0.717, 1.165) is 28.3 Å². The number of aromatic nitrogens is 2. The highest BCUT2D eigenvalue weighted by Gasteiger charge is 2.13. The molecule has 0 amide bonds. The monoisotopic (exact) mass is 298 g/mol. The van der Waals surface area contributed by atoms with Gasteiger partial charge in [-0.2, -0.15) is 11.8 Å². The predicted octanol–water partition coefficient (Wildman–Crippen LogP) is 4.75. The maximum Gasteiger partial charge on any atom is 0.138 e. The summed E-state index contributed by atoms with van der Waals surface area (Å²) < 4.78 is 13.4. The lowest BCUT2D eigenvalue weighted by Gasteiger charge is -2.00. The van der Waals surface area contributed by atoms with Crippen molar-refractivity contribution >= 4 is 11.8 Å². The first-order valence-electron chi connectivity index (χ1n) is 6.67. The third kappa shape index (κ3) is 3.00. The fourth-order valence-electron chi connectivity index (χ4n) is 2.27.